The molecule has 3 heterocycles. The van der Waals surface area contributed by atoms with Crippen molar-refractivity contribution in [1.29, 1.82) is 0 Å². The van der Waals surface area contributed by atoms with Crippen LogP contribution in [0.15, 0.2) is 66.7 Å². The summed E-state index contributed by atoms with van der Waals surface area (Å²) in [4.78, 5) is 4.54. The van der Waals surface area contributed by atoms with Crippen molar-refractivity contribution in [3.63, 3.8) is 0 Å². The minimum Gasteiger partial charge on any atom is -0.490 e. The first-order chi connectivity index (χ1) is 21.1. The van der Waals surface area contributed by atoms with Crippen LogP contribution in [0.5, 0.6) is 11.5 Å². The zero-order valence-corrected chi connectivity index (χ0v) is 24.9. The van der Waals surface area contributed by atoms with Gasteiger partial charge in [-0.1, -0.05) is 24.3 Å². The summed E-state index contributed by atoms with van der Waals surface area (Å²) >= 11 is 0. The van der Waals surface area contributed by atoms with E-state index < -0.39 is 0 Å². The summed E-state index contributed by atoms with van der Waals surface area (Å²) in [7, 11) is 1.74. The molecule has 4 atom stereocenters. The fourth-order valence-electron chi connectivity index (χ4n) is 6.48. The topological polar surface area (TPSA) is 81.5 Å². The average Bonchev–Trinajstić information content (AvgIpc) is 3.49. The highest BCUT2D eigenvalue weighted by atomic mass is 19.1. The van der Waals surface area contributed by atoms with Crippen LogP contribution in [0.1, 0.15) is 29.9 Å². The number of nitrogens with two attached hydrogens (primary N) is 1. The molecule has 9 heteroatoms. The smallest absolute Gasteiger partial charge is 0.142 e. The van der Waals surface area contributed by atoms with Gasteiger partial charge in [0, 0.05) is 64.0 Å². The van der Waals surface area contributed by atoms with Crippen LogP contribution in [0.25, 0.3) is 0 Å². The first-order valence-corrected chi connectivity index (χ1v) is 15.4. The van der Waals surface area contributed by atoms with E-state index in [1.165, 1.54) is 6.07 Å². The van der Waals surface area contributed by atoms with Gasteiger partial charge < -0.3 is 39.8 Å². The number of fused-ring (bicyclic) bond motifs is 1. The zero-order valence-electron chi connectivity index (χ0n) is 24.9. The van der Waals surface area contributed by atoms with Crippen LogP contribution in [0.4, 0.5) is 15.8 Å². The Morgan fingerprint density at radius 2 is 1.93 bits per heavy atom. The summed E-state index contributed by atoms with van der Waals surface area (Å²) in [6.45, 7) is 6.81. The van der Waals surface area contributed by atoms with Crippen molar-refractivity contribution in [3.05, 3.63) is 83.7 Å². The molecule has 0 saturated carbocycles. The van der Waals surface area contributed by atoms with Crippen LogP contribution in [0, 0.1) is 5.82 Å². The molecule has 6 rings (SSSR count). The third-order valence-corrected chi connectivity index (χ3v) is 8.70. The molecule has 0 aromatic heterocycles. The highest BCUT2D eigenvalue weighted by Gasteiger charge is 2.33. The van der Waals surface area contributed by atoms with Gasteiger partial charge in [0.05, 0.1) is 31.5 Å². The summed E-state index contributed by atoms with van der Waals surface area (Å²) in [5, 5.41) is 3.44. The van der Waals surface area contributed by atoms with Gasteiger partial charge in [0.1, 0.15) is 30.0 Å². The fourth-order valence-corrected chi connectivity index (χ4v) is 6.48. The van der Waals surface area contributed by atoms with Crippen LogP contribution >= 0.6 is 0 Å². The molecule has 0 aliphatic carbocycles. The molecule has 0 bridgehead atoms. The van der Waals surface area contributed by atoms with E-state index in [9.17, 15) is 4.39 Å². The molecule has 1 unspecified atom stereocenters. The number of hydrogen-bond donors (Lipinski definition) is 2. The van der Waals surface area contributed by atoms with Gasteiger partial charge in [-0.2, -0.15) is 0 Å². The first-order valence-electron chi connectivity index (χ1n) is 15.4. The molecule has 0 radical (unpaired) electrons. The van der Waals surface area contributed by atoms with E-state index >= 15 is 0 Å². The van der Waals surface area contributed by atoms with Crippen LogP contribution in [0.3, 0.4) is 0 Å². The third-order valence-electron chi connectivity index (χ3n) is 8.70. The quantitative estimate of drug-likeness (QED) is 0.320. The van der Waals surface area contributed by atoms with Crippen molar-refractivity contribution in [1.82, 2.24) is 5.32 Å². The average molecular weight is 591 g/mol. The van der Waals surface area contributed by atoms with E-state index in [0.717, 1.165) is 92.7 Å². The Labute approximate surface area is 253 Å². The van der Waals surface area contributed by atoms with E-state index in [-0.39, 0.29) is 30.0 Å². The normalized spacial score (nSPS) is 23.6. The summed E-state index contributed by atoms with van der Waals surface area (Å²) in [5.74, 6) is 1.61. The molecule has 0 spiro atoms. The molecule has 43 heavy (non-hydrogen) atoms. The van der Waals surface area contributed by atoms with Crippen molar-refractivity contribution in [3.8, 4) is 11.5 Å². The molecule has 3 aliphatic heterocycles. The van der Waals surface area contributed by atoms with Gasteiger partial charge >= 0.3 is 0 Å². The molecule has 3 aliphatic rings. The summed E-state index contributed by atoms with van der Waals surface area (Å²) < 4.78 is 37.7. The number of halogens is 1. The number of benzene rings is 3. The van der Waals surface area contributed by atoms with Crippen molar-refractivity contribution in [2.24, 2.45) is 5.73 Å². The number of piperidine rings is 1. The molecule has 2 fully saturated rings. The Balaban J connectivity index is 1.07. The largest absolute Gasteiger partial charge is 0.490 e. The maximum absolute atomic E-state index is 13.7. The van der Waals surface area contributed by atoms with E-state index in [4.69, 9.17) is 24.7 Å². The highest BCUT2D eigenvalue weighted by molar-refractivity contribution is 5.61. The highest BCUT2D eigenvalue weighted by Crippen LogP contribution is 2.34. The maximum atomic E-state index is 13.7. The Morgan fingerprint density at radius 1 is 1.05 bits per heavy atom. The van der Waals surface area contributed by atoms with Gasteiger partial charge in [0.15, 0.2) is 0 Å². The lowest BCUT2D eigenvalue weighted by Gasteiger charge is -2.37. The van der Waals surface area contributed by atoms with Gasteiger partial charge in [0.2, 0.25) is 0 Å². The van der Waals surface area contributed by atoms with Gasteiger partial charge in [-0.15, -0.1) is 0 Å². The van der Waals surface area contributed by atoms with Crippen LogP contribution in [-0.2, 0) is 16.1 Å². The lowest BCUT2D eigenvalue weighted by atomic mass is 9.84. The second kappa shape index (κ2) is 13.9. The molecule has 8 nitrogen and oxygen atoms in total. The minimum absolute atomic E-state index is 0.0595. The lowest BCUT2D eigenvalue weighted by molar-refractivity contribution is 0.00529. The standard InChI is InChI=1S/C34H43FN4O4/c1-40-16-3-13-38-15-17-41-32-11-6-24(18-31(32)38)23-42-33-21-37-20-30(36)34(33)25-7-9-28(10-8-25)43-29-12-14-39(22-29)27-5-2-4-26(35)19-27/h2,4-11,18-19,29-30,33-34,37H,3,12-17,20-23,36H2,1H3/t29?,30-,33+,34+/m1/s1. The molecule has 3 aromatic carbocycles. The van der Waals surface area contributed by atoms with Gasteiger partial charge in [0.25, 0.3) is 0 Å². The van der Waals surface area contributed by atoms with Crippen molar-refractivity contribution >= 4 is 11.4 Å². The molecule has 3 aromatic rings. The van der Waals surface area contributed by atoms with E-state index in [2.05, 4.69) is 45.4 Å². The van der Waals surface area contributed by atoms with E-state index in [0.29, 0.717) is 13.2 Å². The Kier molecular flexibility index (Phi) is 9.63. The Morgan fingerprint density at radius 3 is 2.77 bits per heavy atom. The SMILES string of the molecule is COCCCN1CCOc2ccc(CO[C@H]3CNC[C@@H](N)[C@@H]3c3ccc(OC4CCN(c5cccc(F)c5)C4)cc3)cc21. The number of nitrogens with one attached hydrogen (secondary N) is 1. The summed E-state index contributed by atoms with van der Waals surface area (Å²) in [6.07, 6.45) is 1.87. The maximum Gasteiger partial charge on any atom is 0.142 e. The molecule has 230 valence electrons. The number of methoxy groups -OCH3 is 1. The number of anilines is 2. The third kappa shape index (κ3) is 7.24. The molecular weight excluding hydrogens is 547 g/mol. The summed E-state index contributed by atoms with van der Waals surface area (Å²) in [5.41, 5.74) is 10.9. The van der Waals surface area contributed by atoms with E-state index in [1.54, 1.807) is 19.2 Å². The number of hydrogen-bond acceptors (Lipinski definition) is 8. The van der Waals surface area contributed by atoms with Gasteiger partial charge in [-0.25, -0.2) is 4.39 Å². The van der Waals surface area contributed by atoms with Crippen LogP contribution in [0.2, 0.25) is 0 Å². The van der Waals surface area contributed by atoms with Gasteiger partial charge in [-0.05, 0) is 60.0 Å². The lowest BCUT2D eigenvalue weighted by Crippen LogP contribution is -2.53. The second-order valence-electron chi connectivity index (χ2n) is 11.7. The first kappa shape index (κ1) is 29.7. The Bertz CT molecular complexity index is 1340. The predicted octanol–water partition coefficient (Wildman–Crippen LogP) is 4.32. The van der Waals surface area contributed by atoms with Crippen molar-refractivity contribution in [2.75, 3.05) is 69.4 Å². The predicted molar refractivity (Wildman–Crippen MR) is 167 cm³/mol. The number of nitrogens with zero attached hydrogens (tertiary/aromatic N) is 2. The van der Waals surface area contributed by atoms with Crippen molar-refractivity contribution in [2.45, 2.75) is 43.6 Å². The van der Waals surface area contributed by atoms with Crippen LogP contribution < -0.4 is 30.3 Å². The zero-order chi connectivity index (χ0) is 29.6. The van der Waals surface area contributed by atoms with Crippen molar-refractivity contribution < 1.29 is 23.3 Å². The summed E-state index contributed by atoms with van der Waals surface area (Å²) in [6, 6.07) is 21.3. The minimum atomic E-state index is -0.214. The number of rotatable bonds is 11. The second-order valence-corrected chi connectivity index (χ2v) is 11.7. The van der Waals surface area contributed by atoms with E-state index in [1.807, 2.05) is 18.2 Å². The van der Waals surface area contributed by atoms with Crippen LogP contribution in [-0.4, -0.2) is 77.8 Å². The molecule has 2 saturated heterocycles. The molecule has 0 amide bonds. The molecule has 3 N–H and O–H groups in total. The number of ether oxygens (including phenoxy) is 4. The molecular formula is C34H43FN4O4. The fraction of sp³-hybridized carbons (Fsp3) is 0.471. The monoisotopic (exact) mass is 590 g/mol. The Hall–Kier alpha value is -3.37. The van der Waals surface area contributed by atoms with Gasteiger partial charge in [-0.3, -0.25) is 0 Å².